The molecule has 1 fully saturated rings. The third-order valence-corrected chi connectivity index (χ3v) is 11.2. The fourth-order valence-electron chi connectivity index (χ4n) is 8.01. The summed E-state index contributed by atoms with van der Waals surface area (Å²) in [6, 6.07) is 14.7. The first-order valence-electron chi connectivity index (χ1n) is 19.2. The van der Waals surface area contributed by atoms with Crippen molar-refractivity contribution >= 4 is 5.78 Å². The van der Waals surface area contributed by atoms with Crippen molar-refractivity contribution in [3.63, 3.8) is 0 Å². The lowest BCUT2D eigenvalue weighted by Crippen LogP contribution is -2.60. The second-order valence-corrected chi connectivity index (χ2v) is 15.7. The molecule has 7 rings (SSSR count). The highest BCUT2D eigenvalue weighted by Gasteiger charge is 2.46. The molecule has 14 heteroatoms. The van der Waals surface area contributed by atoms with E-state index in [0.29, 0.717) is 23.1 Å². The molecule has 0 spiro atoms. The number of benzene rings is 4. The number of allylic oxidation sites excluding steroid dienone is 3. The number of ether oxygens (including phenoxy) is 4. The van der Waals surface area contributed by atoms with E-state index in [2.05, 4.69) is 6.58 Å². The maximum absolute atomic E-state index is 14.1. The molecule has 312 valence electrons. The van der Waals surface area contributed by atoms with Crippen LogP contribution in [0.4, 0.5) is 0 Å². The van der Waals surface area contributed by atoms with Gasteiger partial charge in [-0.2, -0.15) is 0 Å². The Labute approximate surface area is 340 Å². The Hall–Kier alpha value is -5.77. The lowest BCUT2D eigenvalue weighted by Gasteiger charge is -2.40. The fourth-order valence-corrected chi connectivity index (χ4v) is 8.01. The minimum atomic E-state index is -1.78. The van der Waals surface area contributed by atoms with Crippen molar-refractivity contribution in [3.05, 3.63) is 118 Å². The van der Waals surface area contributed by atoms with E-state index < -0.39 is 67.0 Å². The van der Waals surface area contributed by atoms with Crippen LogP contribution in [0.2, 0.25) is 0 Å². The van der Waals surface area contributed by atoms with Crippen LogP contribution in [0.5, 0.6) is 46.0 Å². The topological polar surface area (TPSA) is 236 Å². The van der Waals surface area contributed by atoms with Crippen LogP contribution in [0, 0.1) is 5.92 Å². The van der Waals surface area contributed by atoms with Crippen LogP contribution in [-0.2, 0) is 11.2 Å². The van der Waals surface area contributed by atoms with Crippen LogP contribution in [0.15, 0.2) is 84.5 Å². The van der Waals surface area contributed by atoms with Crippen molar-refractivity contribution in [2.45, 2.75) is 88.9 Å². The Kier molecular flexibility index (Phi) is 11.6. The number of Topliss-reactive ketones (excluding diaryl/α,β-unsaturated/α-hetero) is 1. The number of carbonyl (C=O) groups is 1. The molecule has 1 unspecified atom stereocenters. The molecule has 4 aromatic rings. The highest BCUT2D eigenvalue weighted by atomic mass is 16.7. The van der Waals surface area contributed by atoms with E-state index in [1.165, 1.54) is 42.5 Å². The van der Waals surface area contributed by atoms with E-state index in [4.69, 9.17) is 18.9 Å². The van der Waals surface area contributed by atoms with Gasteiger partial charge in [0.15, 0.2) is 5.78 Å². The summed E-state index contributed by atoms with van der Waals surface area (Å²) in [6.07, 6.45) is -7.57. The highest BCUT2D eigenvalue weighted by molar-refractivity contribution is 6.03. The maximum Gasteiger partial charge on any atom is 0.229 e. The molecule has 9 atom stereocenters. The number of aliphatic hydroxyl groups excluding tert-OH is 4. The molecule has 14 nitrogen and oxygen atoms in total. The number of carbonyl (C=O) groups excluding carboxylic acids is 1. The minimum Gasteiger partial charge on any atom is -0.508 e. The van der Waals surface area contributed by atoms with Crippen LogP contribution in [0.3, 0.4) is 0 Å². The summed E-state index contributed by atoms with van der Waals surface area (Å²) in [5.41, 5.74) is 3.84. The van der Waals surface area contributed by atoms with Crippen molar-refractivity contribution in [1.29, 1.82) is 0 Å². The van der Waals surface area contributed by atoms with Crippen molar-refractivity contribution < 1.29 is 69.7 Å². The first-order chi connectivity index (χ1) is 28.0. The zero-order chi connectivity index (χ0) is 42.4. The van der Waals surface area contributed by atoms with Gasteiger partial charge < -0.3 is 64.9 Å². The molecule has 59 heavy (non-hydrogen) atoms. The van der Waals surface area contributed by atoms with E-state index in [1.807, 2.05) is 26.8 Å². The predicted molar refractivity (Wildman–Crippen MR) is 212 cm³/mol. The second kappa shape index (κ2) is 16.5. The second-order valence-electron chi connectivity index (χ2n) is 15.7. The Morgan fingerprint density at radius 1 is 0.831 bits per heavy atom. The van der Waals surface area contributed by atoms with Gasteiger partial charge in [0.2, 0.25) is 6.29 Å². The summed E-state index contributed by atoms with van der Waals surface area (Å²) in [6.45, 7) is 9.23. The Morgan fingerprint density at radius 3 is 2.17 bits per heavy atom. The van der Waals surface area contributed by atoms with E-state index in [-0.39, 0.29) is 75.7 Å². The molecule has 0 aliphatic carbocycles. The zero-order valence-corrected chi connectivity index (χ0v) is 32.6. The SMILES string of the molecule is C=C(C)C(CC=C(C)C)Cc1c(O[C@@H]2O[C@H](CO)[C@@H](O)[C@H](O)[C@H]2O)cc(O)c2c1O[C@H](c1cc3c(cc1O)O[C@@H](c1ccc(O)cc1)[C@@H]3c1cc(O)cc(O)c1)CC2=O. The standard InChI is InChI=1S/C45H48O14/c1-20(2)5-6-23(21(3)4)13-30-36(58-45-42(55)41(54)40(53)37(19-46)59-45)18-33(52)39-32(51)17-34(57-44(30)39)28-15-29-35(16-31(28)50)56-43(22-7-9-25(47)10-8-22)38(29)24-11-26(48)14-27(49)12-24/h5,7-12,14-16,18,23,34,37-38,40-43,45-50,52-55H,3,6,13,17,19H2,1-2,4H3/t23?,34-,37+,38+,40+,41-,42+,43-,45+/m0/s1. The molecule has 1 saturated heterocycles. The van der Waals surface area contributed by atoms with Crippen molar-refractivity contribution in [2.24, 2.45) is 5.92 Å². The summed E-state index contributed by atoms with van der Waals surface area (Å²) in [7, 11) is 0. The van der Waals surface area contributed by atoms with E-state index in [0.717, 1.165) is 11.1 Å². The maximum atomic E-state index is 14.1. The fraction of sp³-hybridized carbons (Fsp3) is 0.356. The summed E-state index contributed by atoms with van der Waals surface area (Å²) >= 11 is 0. The van der Waals surface area contributed by atoms with Gasteiger partial charge in [-0.25, -0.2) is 0 Å². The molecular formula is C45H48O14. The number of ketones is 1. The monoisotopic (exact) mass is 812 g/mol. The lowest BCUT2D eigenvalue weighted by atomic mass is 9.83. The normalized spacial score (nSPS) is 25.2. The summed E-state index contributed by atoms with van der Waals surface area (Å²) in [5, 5.41) is 95.5. The zero-order valence-electron chi connectivity index (χ0n) is 32.6. The van der Waals surface area contributed by atoms with Crippen LogP contribution in [0.1, 0.15) is 89.9 Å². The number of phenols is 5. The van der Waals surface area contributed by atoms with E-state index >= 15 is 0 Å². The van der Waals surface area contributed by atoms with Gasteiger partial charge in [0, 0.05) is 34.9 Å². The summed E-state index contributed by atoms with van der Waals surface area (Å²) in [5.74, 6) is -2.39. The number of aliphatic hydroxyl groups is 4. The van der Waals surface area contributed by atoms with Crippen molar-refractivity contribution in [2.75, 3.05) is 6.61 Å². The van der Waals surface area contributed by atoms with Gasteiger partial charge >= 0.3 is 0 Å². The van der Waals surface area contributed by atoms with Crippen molar-refractivity contribution in [3.8, 4) is 46.0 Å². The number of phenolic OH excluding ortho intramolecular Hbond substituents is 5. The number of fused-ring (bicyclic) bond motifs is 2. The Morgan fingerprint density at radius 2 is 1.53 bits per heavy atom. The number of hydrogen-bond donors (Lipinski definition) is 9. The molecule has 3 aliphatic heterocycles. The molecular weight excluding hydrogens is 764 g/mol. The molecule has 0 bridgehead atoms. The third-order valence-electron chi connectivity index (χ3n) is 11.2. The van der Waals surface area contributed by atoms with Gasteiger partial charge in [0.05, 0.1) is 18.9 Å². The molecule has 0 aromatic heterocycles. The minimum absolute atomic E-state index is 0.0359. The van der Waals surface area contributed by atoms with E-state index in [1.54, 1.807) is 18.2 Å². The van der Waals surface area contributed by atoms with Gasteiger partial charge in [-0.15, -0.1) is 0 Å². The smallest absolute Gasteiger partial charge is 0.229 e. The van der Waals surface area contributed by atoms with Gasteiger partial charge in [-0.1, -0.05) is 35.9 Å². The molecule has 0 saturated carbocycles. The molecule has 9 N–H and O–H groups in total. The van der Waals surface area contributed by atoms with Gasteiger partial charge in [-0.3, -0.25) is 4.79 Å². The number of rotatable bonds is 11. The van der Waals surface area contributed by atoms with Gasteiger partial charge in [-0.05, 0) is 81.0 Å². The van der Waals surface area contributed by atoms with Crippen LogP contribution in [-0.4, -0.2) is 89.1 Å². The first kappa shape index (κ1) is 41.4. The summed E-state index contributed by atoms with van der Waals surface area (Å²) < 4.78 is 24.8. The molecule has 3 heterocycles. The predicted octanol–water partition coefficient (Wildman–Crippen LogP) is 5.46. The molecule has 0 radical (unpaired) electrons. The van der Waals surface area contributed by atoms with Gasteiger partial charge in [0.25, 0.3) is 0 Å². The molecule has 0 amide bonds. The largest absolute Gasteiger partial charge is 0.508 e. The van der Waals surface area contributed by atoms with Crippen LogP contribution < -0.4 is 14.2 Å². The Bertz CT molecular complexity index is 2260. The quantitative estimate of drug-likeness (QED) is 0.0857. The average molecular weight is 813 g/mol. The van der Waals surface area contributed by atoms with E-state index in [9.17, 15) is 50.8 Å². The number of hydrogen-bond acceptors (Lipinski definition) is 14. The summed E-state index contributed by atoms with van der Waals surface area (Å²) in [4.78, 5) is 14.1. The van der Waals surface area contributed by atoms with Crippen LogP contribution in [0.25, 0.3) is 0 Å². The highest BCUT2D eigenvalue weighted by Crippen LogP contribution is 2.55. The molecule has 3 aliphatic rings. The molecule has 4 aromatic carbocycles. The third kappa shape index (κ3) is 8.14. The van der Waals surface area contributed by atoms with Crippen molar-refractivity contribution in [1.82, 2.24) is 0 Å². The van der Waals surface area contributed by atoms with Gasteiger partial charge in [0.1, 0.15) is 88.2 Å². The Balaban J connectivity index is 1.33. The first-order valence-corrected chi connectivity index (χ1v) is 19.2. The van der Waals surface area contributed by atoms with Crippen LogP contribution >= 0.6 is 0 Å². The number of aromatic hydroxyl groups is 5. The average Bonchev–Trinajstić information content (AvgIpc) is 3.54. The lowest BCUT2D eigenvalue weighted by molar-refractivity contribution is -0.277.